The van der Waals surface area contributed by atoms with Crippen LogP contribution in [0, 0.1) is 0 Å². The zero-order chi connectivity index (χ0) is 34.3. The lowest BCUT2D eigenvalue weighted by Gasteiger charge is -2.14. The highest BCUT2D eigenvalue weighted by molar-refractivity contribution is 6.10. The minimum Gasteiger partial charge on any atom is -0.456 e. The van der Waals surface area contributed by atoms with Crippen molar-refractivity contribution >= 4 is 50.1 Å². The second kappa shape index (κ2) is 12.7. The molecule has 0 saturated heterocycles. The van der Waals surface area contributed by atoms with Gasteiger partial charge in [-0.05, 0) is 78.1 Å². The van der Waals surface area contributed by atoms with Gasteiger partial charge in [-0.2, -0.15) is 0 Å². The van der Waals surface area contributed by atoms with Crippen LogP contribution in [-0.2, 0) is 6.42 Å². The molecule has 244 valence electrons. The maximum Gasteiger partial charge on any atom is 0.179 e. The van der Waals surface area contributed by atoms with Crippen LogP contribution in [0.25, 0.3) is 78.3 Å². The highest BCUT2D eigenvalue weighted by Crippen LogP contribution is 2.40. The van der Waals surface area contributed by atoms with Crippen molar-refractivity contribution in [1.82, 2.24) is 14.5 Å². The fraction of sp³-hybridized carbons (Fsp3) is 0.0638. The van der Waals surface area contributed by atoms with Crippen LogP contribution in [0.1, 0.15) is 35.9 Å². The number of aryl methyl sites for hydroxylation is 1. The number of benzene rings is 5. The first-order chi connectivity index (χ1) is 25.2. The van der Waals surface area contributed by atoms with Crippen molar-refractivity contribution in [2.75, 3.05) is 0 Å². The number of para-hydroxylation sites is 2. The molecule has 1 aliphatic carbocycles. The number of nitrogens with zero attached hydrogens (tertiary/aromatic N) is 3. The van der Waals surface area contributed by atoms with Crippen LogP contribution in [0.2, 0.25) is 0 Å². The molecule has 0 spiro atoms. The summed E-state index contributed by atoms with van der Waals surface area (Å²) >= 11 is 0. The minimum absolute atomic E-state index is 0.674. The maximum atomic E-state index is 6.59. The van der Waals surface area contributed by atoms with Gasteiger partial charge in [0.25, 0.3) is 0 Å². The van der Waals surface area contributed by atoms with Crippen molar-refractivity contribution in [3.63, 3.8) is 0 Å². The lowest BCUT2D eigenvalue weighted by Crippen LogP contribution is -1.98. The van der Waals surface area contributed by atoms with Crippen molar-refractivity contribution in [2.45, 2.75) is 19.8 Å². The van der Waals surface area contributed by atoms with E-state index in [0.717, 1.165) is 52.2 Å². The van der Waals surface area contributed by atoms with E-state index >= 15 is 0 Å². The van der Waals surface area contributed by atoms with E-state index < -0.39 is 0 Å². The first-order valence-electron chi connectivity index (χ1n) is 17.4. The molecule has 0 unspecified atom stereocenters. The first kappa shape index (κ1) is 30.5. The Hall–Kier alpha value is -6.52. The summed E-state index contributed by atoms with van der Waals surface area (Å²) in [7, 11) is 0. The van der Waals surface area contributed by atoms with Crippen molar-refractivity contribution in [2.24, 2.45) is 0 Å². The summed E-state index contributed by atoms with van der Waals surface area (Å²) in [5.74, 6) is 1.62. The van der Waals surface area contributed by atoms with Crippen LogP contribution in [0.3, 0.4) is 0 Å². The number of allylic oxidation sites excluding steroid dienone is 6. The van der Waals surface area contributed by atoms with Gasteiger partial charge in [-0.3, -0.25) is 0 Å². The summed E-state index contributed by atoms with van der Waals surface area (Å²) in [6.07, 6.45) is 11.8. The lowest BCUT2D eigenvalue weighted by molar-refractivity contribution is 0.545. The Bertz CT molecular complexity index is 2710. The fourth-order valence-corrected chi connectivity index (χ4v) is 7.43. The van der Waals surface area contributed by atoms with E-state index in [0.29, 0.717) is 11.4 Å². The second-order valence-corrected chi connectivity index (χ2v) is 12.9. The molecule has 3 aromatic heterocycles. The van der Waals surface area contributed by atoms with Crippen molar-refractivity contribution in [3.05, 3.63) is 181 Å². The van der Waals surface area contributed by atoms with E-state index in [1.54, 1.807) is 6.08 Å². The Labute approximate surface area is 297 Å². The van der Waals surface area contributed by atoms with Gasteiger partial charge in [-0.1, -0.05) is 122 Å². The zero-order valence-electron chi connectivity index (χ0n) is 28.4. The molecular formula is C47H35N3O. The molecule has 3 heterocycles. The van der Waals surface area contributed by atoms with Crippen LogP contribution < -0.4 is 0 Å². The van der Waals surface area contributed by atoms with Crippen molar-refractivity contribution < 1.29 is 4.42 Å². The molecule has 0 amide bonds. The molecule has 0 bridgehead atoms. The van der Waals surface area contributed by atoms with E-state index in [4.69, 9.17) is 14.4 Å². The predicted octanol–water partition coefficient (Wildman–Crippen LogP) is 12.3. The molecular weight excluding hydrogens is 623 g/mol. The predicted molar refractivity (Wildman–Crippen MR) is 213 cm³/mol. The van der Waals surface area contributed by atoms with E-state index in [2.05, 4.69) is 114 Å². The molecule has 0 fully saturated rings. The molecule has 51 heavy (non-hydrogen) atoms. The van der Waals surface area contributed by atoms with E-state index in [1.165, 1.54) is 44.1 Å². The summed E-state index contributed by atoms with van der Waals surface area (Å²) in [6, 6.07) is 45.2. The molecule has 9 rings (SSSR count). The van der Waals surface area contributed by atoms with Crippen LogP contribution in [0.4, 0.5) is 0 Å². The highest BCUT2D eigenvalue weighted by Gasteiger charge is 2.25. The Morgan fingerprint density at radius 1 is 0.706 bits per heavy atom. The Balaban J connectivity index is 1.16. The third kappa shape index (κ3) is 5.33. The van der Waals surface area contributed by atoms with Gasteiger partial charge in [0.15, 0.2) is 11.4 Å². The maximum absolute atomic E-state index is 6.59. The molecule has 4 nitrogen and oxygen atoms in total. The number of aromatic nitrogens is 3. The summed E-state index contributed by atoms with van der Waals surface area (Å²) < 4.78 is 8.95. The topological polar surface area (TPSA) is 43.9 Å². The summed E-state index contributed by atoms with van der Waals surface area (Å²) in [5.41, 5.74) is 13.7. The Kier molecular flexibility index (Phi) is 7.63. The van der Waals surface area contributed by atoms with Crippen LogP contribution in [-0.4, -0.2) is 14.5 Å². The van der Waals surface area contributed by atoms with Gasteiger partial charge in [-0.25, -0.2) is 9.97 Å². The zero-order valence-corrected chi connectivity index (χ0v) is 28.4. The van der Waals surface area contributed by atoms with Gasteiger partial charge in [-0.15, -0.1) is 0 Å². The largest absolute Gasteiger partial charge is 0.456 e. The summed E-state index contributed by atoms with van der Waals surface area (Å²) in [6.45, 7) is 5.96. The van der Waals surface area contributed by atoms with Crippen LogP contribution >= 0.6 is 0 Å². The molecule has 1 aliphatic rings. The van der Waals surface area contributed by atoms with Gasteiger partial charge in [0.05, 0.1) is 11.0 Å². The fourth-order valence-electron chi connectivity index (χ4n) is 7.43. The third-order valence-electron chi connectivity index (χ3n) is 9.79. The van der Waals surface area contributed by atoms with Crippen LogP contribution in [0.5, 0.6) is 0 Å². The Morgan fingerprint density at radius 3 is 2.25 bits per heavy atom. The molecule has 8 aromatic rings. The average molecular weight is 658 g/mol. The molecule has 0 N–H and O–H groups in total. The van der Waals surface area contributed by atoms with Crippen molar-refractivity contribution in [1.29, 1.82) is 0 Å². The number of furan rings is 1. The SMILES string of the molecule is C=C/C=C(\C=C/C)c1nc(-c2ccccc2)nc2c3c(oc12)CCC(c1cccc(-c2ccc4c(c2)c2ccccc2n4-c2ccccc2)c1)=C3. The van der Waals surface area contributed by atoms with Gasteiger partial charge >= 0.3 is 0 Å². The monoisotopic (exact) mass is 657 g/mol. The summed E-state index contributed by atoms with van der Waals surface area (Å²) in [4.78, 5) is 10.2. The lowest BCUT2D eigenvalue weighted by atomic mass is 9.90. The number of fused-ring (bicyclic) bond motifs is 6. The smallest absolute Gasteiger partial charge is 0.179 e. The molecule has 0 aliphatic heterocycles. The van der Waals surface area contributed by atoms with Gasteiger partial charge in [0.1, 0.15) is 17.0 Å². The average Bonchev–Trinajstić information content (AvgIpc) is 3.73. The normalized spacial score (nSPS) is 13.3. The Morgan fingerprint density at radius 2 is 1.43 bits per heavy atom. The van der Waals surface area contributed by atoms with E-state index in [9.17, 15) is 0 Å². The molecule has 0 radical (unpaired) electrons. The second-order valence-electron chi connectivity index (χ2n) is 12.9. The standard InChI is InChI=1S/C47H35N3O/c1-3-14-31(15-4-2)44-46-45(49-47(48-44)32-16-7-5-8-17-32)40-30-36(25-27-43(40)51-46)34-19-13-18-33(28-34)35-24-26-42-39(29-35)38-22-11-12-23-41(38)50(42)37-20-9-6-10-21-37/h3-24,26,28-30H,1,25,27H2,2H3/b15-4-,31-14+. The first-order valence-corrected chi connectivity index (χ1v) is 17.4. The molecule has 0 atom stereocenters. The van der Waals surface area contributed by atoms with Gasteiger partial charge in [0, 0.05) is 39.6 Å². The summed E-state index contributed by atoms with van der Waals surface area (Å²) in [5, 5.41) is 2.50. The quantitative estimate of drug-likeness (QED) is 0.160. The van der Waals surface area contributed by atoms with Crippen molar-refractivity contribution in [3.8, 4) is 28.2 Å². The number of hydrogen-bond donors (Lipinski definition) is 0. The van der Waals surface area contributed by atoms with Gasteiger partial charge < -0.3 is 8.98 Å². The van der Waals surface area contributed by atoms with E-state index in [-0.39, 0.29) is 0 Å². The van der Waals surface area contributed by atoms with E-state index in [1.807, 2.05) is 55.5 Å². The molecule has 4 heteroatoms. The highest BCUT2D eigenvalue weighted by atomic mass is 16.3. The number of hydrogen-bond acceptors (Lipinski definition) is 3. The minimum atomic E-state index is 0.674. The molecule has 5 aromatic carbocycles. The van der Waals surface area contributed by atoms with Crippen LogP contribution in [0.15, 0.2) is 163 Å². The third-order valence-corrected chi connectivity index (χ3v) is 9.79. The number of rotatable bonds is 7. The van der Waals surface area contributed by atoms with Gasteiger partial charge in [0.2, 0.25) is 0 Å². The molecule has 0 saturated carbocycles.